The summed E-state index contributed by atoms with van der Waals surface area (Å²) >= 11 is 0. The van der Waals surface area contributed by atoms with Crippen molar-refractivity contribution in [1.82, 2.24) is 0 Å². The predicted molar refractivity (Wildman–Crippen MR) is 254 cm³/mol. The highest BCUT2D eigenvalue weighted by Crippen LogP contribution is 2.38. The van der Waals surface area contributed by atoms with Gasteiger partial charge >= 0.3 is 11.9 Å². The lowest BCUT2D eigenvalue weighted by molar-refractivity contribution is -0.870. The summed E-state index contributed by atoms with van der Waals surface area (Å²) in [6, 6.07) is 0. The Labute approximate surface area is 383 Å². The molecule has 0 saturated carbocycles. The molecule has 0 radical (unpaired) electrons. The molecule has 0 spiro atoms. The van der Waals surface area contributed by atoms with Gasteiger partial charge in [0.15, 0.2) is 6.10 Å². The zero-order valence-electron chi connectivity index (χ0n) is 40.1. The van der Waals surface area contributed by atoms with Crippen LogP contribution in [0.25, 0.3) is 0 Å². The maximum absolute atomic E-state index is 12.7. The lowest BCUT2D eigenvalue weighted by atomic mass is 10.0. The maximum atomic E-state index is 12.7. The van der Waals surface area contributed by atoms with Crippen molar-refractivity contribution < 1.29 is 57.4 Å². The number of quaternary nitrogens is 1. The quantitative estimate of drug-likeness (QED) is 0.0133. The van der Waals surface area contributed by atoms with Gasteiger partial charge in [0.25, 0.3) is 7.82 Å². The van der Waals surface area contributed by atoms with Crippen LogP contribution in [-0.2, 0) is 32.7 Å². The molecular weight excluding hydrogens is 822 g/mol. The second-order valence-electron chi connectivity index (χ2n) is 17.7. The van der Waals surface area contributed by atoms with E-state index in [0.29, 0.717) is 23.9 Å². The predicted octanol–water partition coefficient (Wildman–Crippen LogP) is 10.3. The molecule has 3 N–H and O–H groups in total. The minimum absolute atomic E-state index is 0.0935. The van der Waals surface area contributed by atoms with Gasteiger partial charge in [-0.25, -0.2) is 0 Å². The van der Waals surface area contributed by atoms with E-state index in [1.54, 1.807) is 42.5 Å². The van der Waals surface area contributed by atoms with E-state index in [0.717, 1.165) is 25.7 Å². The molecule has 0 aromatic heterocycles. The molecule has 5 atom stereocenters. The van der Waals surface area contributed by atoms with Crippen LogP contribution in [0.5, 0.6) is 0 Å². The van der Waals surface area contributed by atoms with E-state index in [4.69, 9.17) is 18.5 Å². The summed E-state index contributed by atoms with van der Waals surface area (Å²) < 4.78 is 33.7. The number of rotatable bonds is 43. The zero-order valence-corrected chi connectivity index (χ0v) is 41.0. The smallest absolute Gasteiger partial charge is 0.306 e. The minimum atomic E-state index is -4.73. The average Bonchev–Trinajstić information content (AvgIpc) is 3.23. The highest BCUT2D eigenvalue weighted by Gasteiger charge is 2.22. The van der Waals surface area contributed by atoms with E-state index >= 15 is 0 Å². The summed E-state index contributed by atoms with van der Waals surface area (Å²) in [5.41, 5.74) is 0. The van der Waals surface area contributed by atoms with E-state index in [1.165, 1.54) is 102 Å². The topological polar surface area (TPSA) is 172 Å². The number of phosphoric acid groups is 1. The summed E-state index contributed by atoms with van der Waals surface area (Å²) in [4.78, 5) is 37.7. The van der Waals surface area contributed by atoms with Gasteiger partial charge in [-0.15, -0.1) is 0 Å². The third kappa shape index (κ3) is 43.3. The van der Waals surface area contributed by atoms with Crippen molar-refractivity contribution in [3.05, 3.63) is 60.8 Å². The van der Waals surface area contributed by atoms with Crippen LogP contribution < -0.4 is 4.89 Å². The fourth-order valence-corrected chi connectivity index (χ4v) is 7.20. The van der Waals surface area contributed by atoms with E-state index < -0.39 is 50.8 Å². The van der Waals surface area contributed by atoms with Crippen LogP contribution in [0.15, 0.2) is 60.8 Å². The van der Waals surface area contributed by atoms with E-state index in [1.807, 2.05) is 40.2 Å². The number of unbranched alkanes of at least 4 members (excludes halogenated alkanes) is 18. The van der Waals surface area contributed by atoms with Gasteiger partial charge in [-0.05, 0) is 32.1 Å². The molecule has 0 heterocycles. The first-order chi connectivity index (χ1) is 30.2. The number of phosphoric ester groups is 1. The van der Waals surface area contributed by atoms with Crippen molar-refractivity contribution in [2.45, 2.75) is 199 Å². The van der Waals surface area contributed by atoms with Gasteiger partial charge in [0.2, 0.25) is 0 Å². The van der Waals surface area contributed by atoms with Gasteiger partial charge in [-0.1, -0.05) is 190 Å². The molecule has 0 rings (SSSR count). The summed E-state index contributed by atoms with van der Waals surface area (Å²) in [6.45, 7) is 3.64. The number of carbonyl (C=O) groups is 2. The molecule has 63 heavy (non-hydrogen) atoms. The lowest BCUT2D eigenvalue weighted by Gasteiger charge is -2.28. The van der Waals surface area contributed by atoms with Gasteiger partial charge in [0.05, 0.1) is 46.1 Å². The highest BCUT2D eigenvalue weighted by molar-refractivity contribution is 7.45. The van der Waals surface area contributed by atoms with Crippen LogP contribution in [0.4, 0.5) is 0 Å². The number of allylic oxidation sites excluding steroid dienone is 7. The average molecular weight is 912 g/mol. The van der Waals surface area contributed by atoms with Crippen molar-refractivity contribution in [3.63, 3.8) is 0 Å². The van der Waals surface area contributed by atoms with Gasteiger partial charge in [-0.3, -0.25) is 14.2 Å². The van der Waals surface area contributed by atoms with Crippen LogP contribution in [-0.4, -0.2) is 104 Å². The Kier molecular flexibility index (Phi) is 39.5. The number of aliphatic hydroxyl groups is 3. The molecule has 0 aliphatic rings. The Hall–Kier alpha value is -2.41. The van der Waals surface area contributed by atoms with Crippen LogP contribution in [0.3, 0.4) is 0 Å². The maximum Gasteiger partial charge on any atom is 0.306 e. The molecule has 0 amide bonds. The molecule has 0 aromatic rings. The Balaban J connectivity index is 4.58. The summed E-state index contributed by atoms with van der Waals surface area (Å²) in [6.07, 6.45) is 39.1. The van der Waals surface area contributed by atoms with Crippen LogP contribution in [0.2, 0.25) is 0 Å². The normalized spacial score (nSPS) is 15.5. The summed E-state index contributed by atoms with van der Waals surface area (Å²) in [5, 5.41) is 30.6. The molecule has 13 heteroatoms. The van der Waals surface area contributed by atoms with Crippen LogP contribution in [0, 0.1) is 0 Å². The van der Waals surface area contributed by atoms with Crippen molar-refractivity contribution in [1.29, 1.82) is 0 Å². The van der Waals surface area contributed by atoms with Crippen LogP contribution in [0.1, 0.15) is 174 Å². The number of aliphatic hydroxyl groups excluding tert-OH is 3. The van der Waals surface area contributed by atoms with Crippen molar-refractivity contribution in [3.8, 4) is 0 Å². The zero-order chi connectivity index (χ0) is 46.9. The van der Waals surface area contributed by atoms with Crippen molar-refractivity contribution in [2.24, 2.45) is 0 Å². The van der Waals surface area contributed by atoms with Crippen molar-refractivity contribution >= 4 is 19.8 Å². The Morgan fingerprint density at radius 3 is 1.63 bits per heavy atom. The molecular formula is C50H90NO11P. The van der Waals surface area contributed by atoms with E-state index in [9.17, 15) is 34.4 Å². The van der Waals surface area contributed by atoms with Gasteiger partial charge in [-0.2, -0.15) is 0 Å². The summed E-state index contributed by atoms with van der Waals surface area (Å²) in [5.74, 6) is -1.16. The molecule has 0 aliphatic carbocycles. The first kappa shape index (κ1) is 60.6. The van der Waals surface area contributed by atoms with Gasteiger partial charge < -0.3 is 43.2 Å². The van der Waals surface area contributed by atoms with Crippen LogP contribution >= 0.6 is 7.82 Å². The number of hydrogen-bond acceptors (Lipinski definition) is 11. The highest BCUT2D eigenvalue weighted by atomic mass is 31.2. The molecule has 0 aliphatic heterocycles. The van der Waals surface area contributed by atoms with Gasteiger partial charge in [0, 0.05) is 12.8 Å². The second-order valence-corrected chi connectivity index (χ2v) is 19.1. The van der Waals surface area contributed by atoms with E-state index in [-0.39, 0.29) is 38.9 Å². The third-order valence-electron chi connectivity index (χ3n) is 10.4. The number of likely N-dealkylation sites (N-methyl/N-ethyl adjacent to an activating group) is 1. The molecule has 0 bridgehead atoms. The molecule has 0 aromatic carbocycles. The van der Waals surface area contributed by atoms with Gasteiger partial charge in [0.1, 0.15) is 19.8 Å². The third-order valence-corrected chi connectivity index (χ3v) is 11.4. The standard InChI is InChI=1S/C50H90NO11P/c1-6-8-10-11-12-13-14-15-16-17-18-19-20-21-22-23-24-29-33-39-49(55)59-43-46(44-61-63(57,58)60-42-41-51(3,4)5)62-50(56)40-34-38-48(54)47(53)37-32-28-26-25-27-31-36-45(52)35-30-9-7-2/h9,25-28,30-32,36-37,45-48,52-54H,6-8,10-24,29,33-35,38-44H2,1-5H3/b27-25+,28-26-,30-9-,36-31+,37-32-/t45-,46+,47+,48+/m0/s1. The Morgan fingerprint density at radius 2 is 1.11 bits per heavy atom. The summed E-state index contributed by atoms with van der Waals surface area (Å²) in [7, 11) is 0.945. The number of carbonyl (C=O) groups excluding carboxylic acids is 2. The largest absolute Gasteiger partial charge is 0.756 e. The first-order valence-electron chi connectivity index (χ1n) is 24.3. The first-order valence-corrected chi connectivity index (χ1v) is 25.8. The Morgan fingerprint density at radius 1 is 0.619 bits per heavy atom. The Bertz CT molecular complexity index is 1310. The molecule has 12 nitrogen and oxygen atoms in total. The molecule has 366 valence electrons. The SMILES string of the molecule is CC/C=C\C[C@H](O)/C=C/C=C/C=C\C=C/[C@@H](O)[C@H](O)CCCC(=O)O[C@H](COC(=O)CCCCCCCCCCCCCCCCCCCCC)COP(=O)([O-])OCC[N+](C)(C)C. The number of hydrogen-bond donors (Lipinski definition) is 3. The number of nitrogens with zero attached hydrogens (tertiary/aromatic N) is 1. The minimum Gasteiger partial charge on any atom is -0.756 e. The monoisotopic (exact) mass is 912 g/mol. The van der Waals surface area contributed by atoms with E-state index in [2.05, 4.69) is 6.92 Å². The molecule has 1 unspecified atom stereocenters. The van der Waals surface area contributed by atoms with Crippen molar-refractivity contribution in [2.75, 3.05) is 47.5 Å². The number of esters is 2. The molecule has 0 saturated heterocycles. The second kappa shape index (κ2) is 41.1. The lowest BCUT2D eigenvalue weighted by Crippen LogP contribution is -2.37. The fraction of sp³-hybridized carbons (Fsp3) is 0.760. The number of ether oxygens (including phenoxy) is 2. The molecule has 0 fully saturated rings. The fourth-order valence-electron chi connectivity index (χ4n) is 6.47.